The van der Waals surface area contributed by atoms with E-state index in [0.29, 0.717) is 28.1 Å². The van der Waals surface area contributed by atoms with Gasteiger partial charge < -0.3 is 19.2 Å². The molecule has 0 bridgehead atoms. The van der Waals surface area contributed by atoms with Crippen molar-refractivity contribution in [3.05, 3.63) is 83.4 Å². The van der Waals surface area contributed by atoms with Gasteiger partial charge in [0.05, 0.1) is 12.8 Å². The second kappa shape index (κ2) is 9.06. The molecule has 1 aliphatic heterocycles. The van der Waals surface area contributed by atoms with Gasteiger partial charge in [-0.2, -0.15) is 0 Å². The van der Waals surface area contributed by atoms with Gasteiger partial charge in [0.15, 0.2) is 5.11 Å². The average Bonchev–Trinajstić information content (AvgIpc) is 3.36. The van der Waals surface area contributed by atoms with Gasteiger partial charge in [-0.15, -0.1) is 0 Å². The Morgan fingerprint density at radius 3 is 2.55 bits per heavy atom. The van der Waals surface area contributed by atoms with E-state index in [0.717, 1.165) is 23.4 Å². The van der Waals surface area contributed by atoms with Crippen LogP contribution in [0.25, 0.3) is 6.08 Å². The first-order valence-electron chi connectivity index (χ1n) is 9.89. The van der Waals surface area contributed by atoms with Crippen molar-refractivity contribution in [3.8, 4) is 11.5 Å². The Morgan fingerprint density at radius 1 is 1.06 bits per heavy atom. The van der Waals surface area contributed by atoms with Crippen LogP contribution >= 0.6 is 12.2 Å². The maximum absolute atomic E-state index is 13.0. The molecule has 4 rings (SSSR count). The van der Waals surface area contributed by atoms with Crippen LogP contribution in [0.3, 0.4) is 0 Å². The van der Waals surface area contributed by atoms with Crippen molar-refractivity contribution in [2.45, 2.75) is 20.0 Å². The number of carbonyl (C=O) groups excluding carboxylic acids is 1. The molecule has 0 unspecified atom stereocenters. The van der Waals surface area contributed by atoms with E-state index in [9.17, 15) is 4.79 Å². The molecule has 0 aliphatic carbocycles. The number of nitrogens with zero attached hydrogens (tertiary/aromatic N) is 1. The summed E-state index contributed by atoms with van der Waals surface area (Å²) in [7, 11) is 1.62. The van der Waals surface area contributed by atoms with Gasteiger partial charge >= 0.3 is 0 Å². The molecule has 2 aromatic carbocycles. The van der Waals surface area contributed by atoms with Gasteiger partial charge in [0.1, 0.15) is 35.3 Å². The fraction of sp³-hybridized carbons (Fsp3) is 0.167. The number of hydrogen-bond acceptors (Lipinski definition) is 5. The minimum absolute atomic E-state index is 0.210. The zero-order valence-electron chi connectivity index (χ0n) is 17.3. The number of hydrogen-bond donors (Lipinski definition) is 1. The topological polar surface area (TPSA) is 63.9 Å². The zero-order valence-corrected chi connectivity index (χ0v) is 18.1. The molecule has 0 radical (unpaired) electrons. The zero-order chi connectivity index (χ0) is 21.8. The molecule has 1 saturated heterocycles. The molecule has 1 N–H and O–H groups in total. The second-order valence-corrected chi connectivity index (χ2v) is 7.27. The number of amides is 1. The summed E-state index contributed by atoms with van der Waals surface area (Å²) in [6.45, 7) is 2.32. The third kappa shape index (κ3) is 4.46. The van der Waals surface area contributed by atoms with Crippen LogP contribution in [0, 0.1) is 0 Å². The highest BCUT2D eigenvalue weighted by molar-refractivity contribution is 7.80. The summed E-state index contributed by atoms with van der Waals surface area (Å²) in [4.78, 5) is 14.5. The van der Waals surface area contributed by atoms with Crippen LogP contribution in [0.5, 0.6) is 11.5 Å². The van der Waals surface area contributed by atoms with Crippen molar-refractivity contribution in [1.82, 2.24) is 5.32 Å². The smallest absolute Gasteiger partial charge is 0.281 e. The Kier molecular flexibility index (Phi) is 6.04. The summed E-state index contributed by atoms with van der Waals surface area (Å²) in [6.07, 6.45) is 2.46. The van der Waals surface area contributed by atoms with E-state index in [-0.39, 0.29) is 12.5 Å². The molecular formula is C24H22N2O4S. The van der Waals surface area contributed by atoms with Gasteiger partial charge in [0.2, 0.25) is 0 Å². The Balaban J connectivity index is 1.46. The minimum Gasteiger partial charge on any atom is -0.497 e. The molecule has 1 aromatic heterocycles. The molecule has 3 aromatic rings. The SMILES string of the molecule is CCc1ccccc1N1C(=O)/C(=C\c2ccc(COc3ccc(OC)cc3)o2)NC1=S. The first-order chi connectivity index (χ1) is 15.1. The quantitative estimate of drug-likeness (QED) is 0.430. The fourth-order valence-electron chi connectivity index (χ4n) is 3.30. The highest BCUT2D eigenvalue weighted by Gasteiger charge is 2.33. The first-order valence-corrected chi connectivity index (χ1v) is 10.3. The second-order valence-electron chi connectivity index (χ2n) is 6.88. The molecule has 1 amide bonds. The molecule has 0 spiro atoms. The normalized spacial score (nSPS) is 14.8. The van der Waals surface area contributed by atoms with E-state index < -0.39 is 0 Å². The molecule has 2 heterocycles. The lowest BCUT2D eigenvalue weighted by atomic mass is 10.1. The van der Waals surface area contributed by atoms with Gasteiger partial charge in [-0.25, -0.2) is 0 Å². The van der Waals surface area contributed by atoms with Gasteiger partial charge in [0.25, 0.3) is 5.91 Å². The van der Waals surface area contributed by atoms with Gasteiger partial charge in [-0.1, -0.05) is 25.1 Å². The van der Waals surface area contributed by atoms with E-state index in [1.54, 1.807) is 19.3 Å². The standard InChI is InChI=1S/C24H22N2O4S/c1-3-16-6-4-5-7-22(16)26-23(27)21(25-24(26)31)14-19-12-13-20(30-19)15-29-18-10-8-17(28-2)9-11-18/h4-14H,3,15H2,1-2H3,(H,25,31)/b21-14+. The number of methoxy groups -OCH3 is 1. The Labute approximate surface area is 186 Å². The van der Waals surface area contributed by atoms with Crippen LogP contribution in [-0.4, -0.2) is 18.1 Å². The van der Waals surface area contributed by atoms with E-state index in [4.69, 9.17) is 26.1 Å². The summed E-state index contributed by atoms with van der Waals surface area (Å²) in [5.74, 6) is 2.45. The maximum atomic E-state index is 13.0. The maximum Gasteiger partial charge on any atom is 0.281 e. The van der Waals surface area contributed by atoms with Crippen LogP contribution in [0.4, 0.5) is 5.69 Å². The molecule has 0 atom stereocenters. The van der Waals surface area contributed by atoms with E-state index in [1.807, 2.05) is 61.5 Å². The van der Waals surface area contributed by atoms with Gasteiger partial charge in [-0.05, 0) is 66.7 Å². The monoisotopic (exact) mass is 434 g/mol. The van der Waals surface area contributed by atoms with Crippen LogP contribution in [0.2, 0.25) is 0 Å². The molecule has 0 saturated carbocycles. The summed E-state index contributed by atoms with van der Waals surface area (Å²) in [5, 5.41) is 3.35. The molecular weight excluding hydrogens is 412 g/mol. The van der Waals surface area contributed by atoms with Crippen LogP contribution in [0.15, 0.2) is 70.8 Å². The molecule has 7 heteroatoms. The third-order valence-electron chi connectivity index (χ3n) is 4.90. The van der Waals surface area contributed by atoms with Gasteiger partial charge in [-0.3, -0.25) is 9.69 Å². The summed E-state index contributed by atoms with van der Waals surface area (Å²) in [5.41, 5.74) is 2.22. The van der Waals surface area contributed by atoms with Crippen molar-refractivity contribution < 1.29 is 18.7 Å². The minimum atomic E-state index is -0.210. The average molecular weight is 435 g/mol. The number of ether oxygens (including phenoxy) is 2. The number of nitrogens with one attached hydrogen (secondary N) is 1. The number of anilines is 1. The van der Waals surface area contributed by atoms with E-state index in [1.165, 1.54) is 4.90 Å². The number of furan rings is 1. The fourth-order valence-corrected chi connectivity index (χ4v) is 3.59. The molecule has 6 nitrogen and oxygen atoms in total. The highest BCUT2D eigenvalue weighted by Crippen LogP contribution is 2.27. The van der Waals surface area contributed by atoms with Crippen molar-refractivity contribution in [3.63, 3.8) is 0 Å². The lowest BCUT2D eigenvalue weighted by molar-refractivity contribution is -0.113. The lowest BCUT2D eigenvalue weighted by Crippen LogP contribution is -2.31. The number of benzene rings is 2. The van der Waals surface area contributed by atoms with Crippen molar-refractivity contribution in [1.29, 1.82) is 0 Å². The number of para-hydroxylation sites is 1. The predicted octanol–water partition coefficient (Wildman–Crippen LogP) is 4.69. The predicted molar refractivity (Wildman–Crippen MR) is 123 cm³/mol. The number of rotatable bonds is 7. The van der Waals surface area contributed by atoms with Crippen LogP contribution < -0.4 is 19.7 Å². The third-order valence-corrected chi connectivity index (χ3v) is 5.19. The molecule has 158 valence electrons. The summed E-state index contributed by atoms with van der Waals surface area (Å²) in [6, 6.07) is 18.7. The first kappa shape index (κ1) is 20.7. The van der Waals surface area contributed by atoms with Crippen molar-refractivity contribution in [2.75, 3.05) is 12.0 Å². The molecule has 1 aliphatic rings. The Morgan fingerprint density at radius 2 is 1.81 bits per heavy atom. The highest BCUT2D eigenvalue weighted by atomic mass is 32.1. The Bertz CT molecular complexity index is 1130. The molecule has 1 fully saturated rings. The van der Waals surface area contributed by atoms with Crippen LogP contribution in [-0.2, 0) is 17.8 Å². The van der Waals surface area contributed by atoms with E-state index >= 15 is 0 Å². The summed E-state index contributed by atoms with van der Waals surface area (Å²) >= 11 is 5.41. The number of carbonyl (C=O) groups is 1. The number of aryl methyl sites for hydroxylation is 1. The number of thiocarbonyl (C=S) groups is 1. The molecule has 31 heavy (non-hydrogen) atoms. The van der Waals surface area contributed by atoms with Gasteiger partial charge in [0, 0.05) is 6.08 Å². The van der Waals surface area contributed by atoms with Crippen LogP contribution in [0.1, 0.15) is 24.0 Å². The Hall–Kier alpha value is -3.58. The van der Waals surface area contributed by atoms with Crippen molar-refractivity contribution >= 4 is 35.0 Å². The summed E-state index contributed by atoms with van der Waals surface area (Å²) < 4.78 is 16.7. The largest absolute Gasteiger partial charge is 0.497 e. The van der Waals surface area contributed by atoms with Crippen molar-refractivity contribution in [2.24, 2.45) is 0 Å². The lowest BCUT2D eigenvalue weighted by Gasteiger charge is -2.17. The van der Waals surface area contributed by atoms with E-state index in [2.05, 4.69) is 5.32 Å².